The van der Waals surface area contributed by atoms with Gasteiger partial charge in [0.15, 0.2) is 0 Å². The number of hydrogen-bond acceptors (Lipinski definition) is 6. The van der Waals surface area contributed by atoms with Crippen molar-refractivity contribution in [2.75, 3.05) is 14.2 Å². The minimum absolute atomic E-state index is 0.271. The highest BCUT2D eigenvalue weighted by atomic mass is 32.1. The molecule has 0 atom stereocenters. The van der Waals surface area contributed by atoms with Crippen molar-refractivity contribution in [1.82, 2.24) is 10.4 Å². The van der Waals surface area contributed by atoms with Crippen LogP contribution in [0.15, 0.2) is 53.6 Å². The molecule has 0 aliphatic heterocycles. The molecule has 7 heteroatoms. The number of aromatic nitrogens is 1. The number of nitrogens with one attached hydrogen (secondary N) is 1. The van der Waals surface area contributed by atoms with Crippen molar-refractivity contribution in [2.45, 2.75) is 20.5 Å². The van der Waals surface area contributed by atoms with Gasteiger partial charge in [-0.25, -0.2) is 10.4 Å². The molecule has 0 saturated heterocycles. The normalized spacial score (nSPS) is 11.4. The molecule has 0 spiro atoms. The lowest BCUT2D eigenvalue weighted by Gasteiger charge is -2.10. The number of ether oxygens (including phenoxy) is 2. The Labute approximate surface area is 174 Å². The van der Waals surface area contributed by atoms with E-state index < -0.39 is 0 Å². The fraction of sp³-hybridized carbons (Fsp3) is 0.227. The first-order chi connectivity index (χ1) is 14.0. The zero-order valence-electron chi connectivity index (χ0n) is 16.9. The Morgan fingerprint density at radius 3 is 2.62 bits per heavy atom. The van der Waals surface area contributed by atoms with E-state index in [-0.39, 0.29) is 5.91 Å². The van der Waals surface area contributed by atoms with E-state index in [2.05, 4.69) is 15.5 Å². The molecule has 0 bridgehead atoms. The molecule has 3 rings (SSSR count). The van der Waals surface area contributed by atoms with Gasteiger partial charge in [-0.3, -0.25) is 4.79 Å². The van der Waals surface area contributed by atoms with E-state index in [1.54, 1.807) is 14.2 Å². The number of carbonyl (C=O) groups excluding carboxylic acids is 1. The second-order valence-corrected chi connectivity index (χ2v) is 7.40. The molecule has 0 radical (unpaired) electrons. The van der Waals surface area contributed by atoms with Crippen LogP contribution in [-0.2, 0) is 11.3 Å². The summed E-state index contributed by atoms with van der Waals surface area (Å²) in [6.45, 7) is 4.10. The third-order valence-corrected chi connectivity index (χ3v) is 5.55. The highest BCUT2D eigenvalue weighted by Gasteiger charge is 2.16. The molecule has 0 aliphatic carbocycles. The second kappa shape index (κ2) is 9.45. The highest BCUT2D eigenvalue weighted by molar-refractivity contribution is 7.17. The molecule has 0 saturated carbocycles. The smallest absolute Gasteiger partial charge is 0.283 e. The van der Waals surface area contributed by atoms with E-state index in [0.717, 1.165) is 27.4 Å². The highest BCUT2D eigenvalue weighted by Crippen LogP contribution is 2.27. The van der Waals surface area contributed by atoms with Crippen LogP contribution >= 0.6 is 11.3 Å². The molecule has 1 heterocycles. The molecule has 1 aromatic heterocycles. The van der Waals surface area contributed by atoms with Crippen LogP contribution in [-0.4, -0.2) is 30.8 Å². The minimum atomic E-state index is -0.271. The molecule has 2 aromatic carbocycles. The first-order valence-electron chi connectivity index (χ1n) is 9.07. The first kappa shape index (κ1) is 20.7. The number of nitrogens with zero attached hydrogens (tertiary/aromatic N) is 2. The predicted octanol–water partition coefficient (Wildman–Crippen LogP) is 4.43. The molecule has 6 nitrogen and oxygen atoms in total. The summed E-state index contributed by atoms with van der Waals surface area (Å²) in [5.74, 6) is 0.480. The van der Waals surface area contributed by atoms with Crippen LogP contribution in [0.2, 0.25) is 0 Å². The number of aryl methyl sites for hydroxylation is 1. The van der Waals surface area contributed by atoms with Gasteiger partial charge in [-0.2, -0.15) is 5.10 Å². The maximum absolute atomic E-state index is 12.6. The van der Waals surface area contributed by atoms with Gasteiger partial charge in [0.05, 0.1) is 25.1 Å². The molecule has 0 unspecified atom stereocenters. The van der Waals surface area contributed by atoms with Crippen LogP contribution in [0.1, 0.15) is 33.4 Å². The Balaban J connectivity index is 1.77. The number of thiazole rings is 1. The monoisotopic (exact) mass is 409 g/mol. The van der Waals surface area contributed by atoms with E-state index >= 15 is 0 Å². The molecule has 3 aromatic rings. The van der Waals surface area contributed by atoms with Crippen molar-refractivity contribution >= 4 is 23.0 Å². The molecule has 29 heavy (non-hydrogen) atoms. The zero-order chi connectivity index (χ0) is 20.8. The third-order valence-electron chi connectivity index (χ3n) is 4.35. The topological polar surface area (TPSA) is 72.8 Å². The fourth-order valence-corrected chi connectivity index (χ4v) is 3.79. The van der Waals surface area contributed by atoms with Crippen LogP contribution in [0.5, 0.6) is 5.75 Å². The maximum Gasteiger partial charge on any atom is 0.283 e. The van der Waals surface area contributed by atoms with Gasteiger partial charge in [0.25, 0.3) is 5.91 Å². The van der Waals surface area contributed by atoms with E-state index in [1.165, 1.54) is 11.3 Å². The average Bonchev–Trinajstić information content (AvgIpc) is 3.14. The number of amides is 1. The quantitative estimate of drug-likeness (QED) is 0.463. The van der Waals surface area contributed by atoms with Crippen molar-refractivity contribution in [3.05, 3.63) is 70.2 Å². The summed E-state index contributed by atoms with van der Waals surface area (Å²) in [7, 11) is 3.25. The summed E-state index contributed by atoms with van der Waals surface area (Å²) in [4.78, 5) is 17.7. The van der Waals surface area contributed by atoms with Crippen LogP contribution in [0.4, 0.5) is 0 Å². The van der Waals surface area contributed by atoms with Gasteiger partial charge in [-0.05, 0) is 37.6 Å². The number of hydrogen-bond donors (Lipinski definition) is 1. The summed E-state index contributed by atoms with van der Waals surface area (Å²) < 4.78 is 10.6. The predicted molar refractivity (Wildman–Crippen MR) is 116 cm³/mol. The van der Waals surface area contributed by atoms with Crippen LogP contribution in [0, 0.1) is 6.92 Å². The van der Waals surface area contributed by atoms with Crippen molar-refractivity contribution in [3.63, 3.8) is 0 Å². The second-order valence-electron chi connectivity index (χ2n) is 6.40. The van der Waals surface area contributed by atoms with Crippen LogP contribution in [0.25, 0.3) is 10.6 Å². The Hall–Kier alpha value is -3.03. The lowest BCUT2D eigenvalue weighted by atomic mass is 10.1. The van der Waals surface area contributed by atoms with Crippen LogP contribution < -0.4 is 10.2 Å². The number of rotatable bonds is 7. The van der Waals surface area contributed by atoms with Gasteiger partial charge >= 0.3 is 0 Å². The van der Waals surface area contributed by atoms with Crippen molar-refractivity contribution in [1.29, 1.82) is 0 Å². The molecular weight excluding hydrogens is 386 g/mol. The van der Waals surface area contributed by atoms with Gasteiger partial charge in [-0.1, -0.05) is 30.3 Å². The maximum atomic E-state index is 12.6. The molecule has 1 N–H and O–H groups in total. The van der Waals surface area contributed by atoms with Gasteiger partial charge in [0, 0.05) is 18.2 Å². The largest absolute Gasteiger partial charge is 0.496 e. The number of carbonyl (C=O) groups is 1. The molecule has 1 amide bonds. The fourth-order valence-electron chi connectivity index (χ4n) is 2.83. The Morgan fingerprint density at radius 2 is 1.93 bits per heavy atom. The first-order valence-corrected chi connectivity index (χ1v) is 9.88. The summed E-state index contributed by atoms with van der Waals surface area (Å²) in [6, 6.07) is 15.5. The SMILES string of the molecule is COCc1cc(/C(C)=N\NC(=O)c2sc(-c3ccccc3)nc2C)ccc1OC. The lowest BCUT2D eigenvalue weighted by molar-refractivity contribution is 0.0958. The Kier molecular flexibility index (Phi) is 6.74. The van der Waals surface area contributed by atoms with E-state index in [9.17, 15) is 4.79 Å². The van der Waals surface area contributed by atoms with Gasteiger partial charge < -0.3 is 9.47 Å². The molecule has 0 fully saturated rings. The third kappa shape index (κ3) is 4.88. The number of methoxy groups -OCH3 is 2. The minimum Gasteiger partial charge on any atom is -0.496 e. The zero-order valence-corrected chi connectivity index (χ0v) is 17.7. The number of benzene rings is 2. The number of hydrazone groups is 1. The lowest BCUT2D eigenvalue weighted by Crippen LogP contribution is -2.19. The van der Waals surface area contributed by atoms with Crippen molar-refractivity contribution in [3.8, 4) is 16.3 Å². The summed E-state index contributed by atoms with van der Waals surface area (Å²) in [5.41, 5.74) is 6.79. The molecule has 0 aliphatic rings. The summed E-state index contributed by atoms with van der Waals surface area (Å²) in [5, 5.41) is 5.08. The van der Waals surface area contributed by atoms with Gasteiger partial charge in [0.2, 0.25) is 0 Å². The van der Waals surface area contributed by atoms with Crippen LogP contribution in [0.3, 0.4) is 0 Å². The molecular formula is C22H23N3O3S. The van der Waals surface area contributed by atoms with E-state index in [0.29, 0.717) is 22.9 Å². The molecule has 150 valence electrons. The van der Waals surface area contributed by atoms with E-state index in [1.807, 2.05) is 62.4 Å². The van der Waals surface area contributed by atoms with Gasteiger partial charge in [-0.15, -0.1) is 11.3 Å². The Morgan fingerprint density at radius 1 is 1.17 bits per heavy atom. The average molecular weight is 410 g/mol. The Bertz CT molecular complexity index is 1030. The van der Waals surface area contributed by atoms with E-state index in [4.69, 9.17) is 9.47 Å². The van der Waals surface area contributed by atoms with Crippen molar-refractivity contribution in [2.24, 2.45) is 5.10 Å². The standard InChI is InChI=1S/C22H23N3O3S/c1-14(17-10-11-19(28-4)18(12-17)13-27-3)24-25-21(26)20-15(2)23-22(29-20)16-8-6-5-7-9-16/h5-12H,13H2,1-4H3,(H,25,26)/b24-14-. The van der Waals surface area contributed by atoms with Gasteiger partial charge in [0.1, 0.15) is 15.6 Å². The van der Waals surface area contributed by atoms with Crippen molar-refractivity contribution < 1.29 is 14.3 Å². The summed E-state index contributed by atoms with van der Waals surface area (Å²) >= 11 is 1.36. The summed E-state index contributed by atoms with van der Waals surface area (Å²) in [6.07, 6.45) is 0.